The highest BCUT2D eigenvalue weighted by Gasteiger charge is 2.21. The first-order valence-electron chi connectivity index (χ1n) is 11.4. The van der Waals surface area contributed by atoms with E-state index in [0.717, 1.165) is 0 Å². The van der Waals surface area contributed by atoms with E-state index in [0.29, 0.717) is 43.9 Å². The molecule has 1 saturated heterocycles. The first-order chi connectivity index (χ1) is 16.7. The molecule has 1 aromatic carbocycles. The van der Waals surface area contributed by atoms with Crippen molar-refractivity contribution >= 4 is 18.0 Å². The van der Waals surface area contributed by atoms with E-state index in [-0.39, 0.29) is 17.6 Å². The van der Waals surface area contributed by atoms with Crippen molar-refractivity contribution in [1.82, 2.24) is 30.6 Å². The lowest BCUT2D eigenvalue weighted by atomic mass is 9.84. The Balaban J connectivity index is 1.35. The molecular formula is C22H26N8O4. The number of benzene rings is 1. The maximum atomic E-state index is 12.3. The van der Waals surface area contributed by atoms with Crippen molar-refractivity contribution in [1.29, 1.82) is 0 Å². The number of nitrogens with zero attached hydrogens (tertiary/aromatic N) is 6. The van der Waals surface area contributed by atoms with Crippen molar-refractivity contribution in [2.75, 3.05) is 36.5 Å². The second-order valence-electron chi connectivity index (χ2n) is 8.19. The molecule has 12 nitrogen and oxygen atoms in total. The summed E-state index contributed by atoms with van der Waals surface area (Å²) in [4.78, 5) is 23.2. The van der Waals surface area contributed by atoms with Crippen LogP contribution in [0.25, 0.3) is 0 Å². The van der Waals surface area contributed by atoms with Crippen LogP contribution < -0.4 is 19.7 Å². The quantitative estimate of drug-likeness (QED) is 0.556. The van der Waals surface area contributed by atoms with Crippen LogP contribution >= 0.6 is 0 Å². The SMILES string of the molecule is O=C(Nc1nn[nH]n1)Oc1cnc(N2CCOCC2)nc1Oc1ccc(C2CCCCC2)cc1. The summed E-state index contributed by atoms with van der Waals surface area (Å²) in [7, 11) is 0. The first-order valence-corrected chi connectivity index (χ1v) is 11.4. The fourth-order valence-corrected chi connectivity index (χ4v) is 4.19. The standard InChI is InChI=1S/C22H26N8O4/c31-22(25-20-26-28-29-27-20)34-18-14-23-21(30-10-12-32-13-11-30)24-19(18)33-17-8-6-16(7-9-17)15-4-2-1-3-5-15/h6-9,14-15H,1-5,10-13H2,(H2,25,26,27,28,29,31). The molecule has 1 aliphatic carbocycles. The third kappa shape index (κ3) is 5.39. The largest absolute Gasteiger partial charge is 0.436 e. The third-order valence-corrected chi connectivity index (χ3v) is 5.94. The molecule has 3 aromatic rings. The molecule has 1 aliphatic heterocycles. The van der Waals surface area contributed by atoms with Crippen molar-refractivity contribution in [3.63, 3.8) is 0 Å². The van der Waals surface area contributed by atoms with Crippen LogP contribution in [-0.2, 0) is 4.74 Å². The first kappa shape index (κ1) is 22.0. The number of H-pyrrole nitrogens is 1. The Bertz CT molecular complexity index is 1080. The number of ether oxygens (including phenoxy) is 3. The van der Waals surface area contributed by atoms with Crippen LogP contribution in [0.5, 0.6) is 17.4 Å². The minimum atomic E-state index is -0.818. The summed E-state index contributed by atoms with van der Waals surface area (Å²) in [5, 5.41) is 15.3. The van der Waals surface area contributed by atoms with Crippen molar-refractivity contribution in [3.8, 4) is 17.4 Å². The molecule has 1 saturated carbocycles. The maximum Gasteiger partial charge on any atom is 0.419 e. The van der Waals surface area contributed by atoms with Crippen LogP contribution in [-0.4, -0.2) is 63.0 Å². The van der Waals surface area contributed by atoms with Gasteiger partial charge in [-0.2, -0.15) is 10.2 Å². The lowest BCUT2D eigenvalue weighted by Crippen LogP contribution is -2.37. The number of hydrogen-bond acceptors (Lipinski definition) is 10. The predicted octanol–water partition coefficient (Wildman–Crippen LogP) is 3.28. The average molecular weight is 467 g/mol. The number of rotatable bonds is 6. The normalized spacial score (nSPS) is 16.8. The highest BCUT2D eigenvalue weighted by molar-refractivity contribution is 5.84. The smallest absolute Gasteiger partial charge is 0.419 e. The molecule has 0 atom stereocenters. The van der Waals surface area contributed by atoms with Gasteiger partial charge >= 0.3 is 6.09 Å². The van der Waals surface area contributed by atoms with E-state index in [4.69, 9.17) is 14.2 Å². The molecule has 2 N–H and O–H groups in total. The lowest BCUT2D eigenvalue weighted by molar-refractivity contribution is 0.122. The molecule has 3 heterocycles. The lowest BCUT2D eigenvalue weighted by Gasteiger charge is -2.27. The van der Waals surface area contributed by atoms with E-state index in [1.807, 2.05) is 17.0 Å². The molecular weight excluding hydrogens is 440 g/mol. The van der Waals surface area contributed by atoms with Crippen LogP contribution in [0.2, 0.25) is 0 Å². The number of tetrazole rings is 1. The number of amides is 1. The van der Waals surface area contributed by atoms with Crippen molar-refractivity contribution in [2.45, 2.75) is 38.0 Å². The topological polar surface area (TPSA) is 140 Å². The molecule has 0 spiro atoms. The summed E-state index contributed by atoms with van der Waals surface area (Å²) in [5.41, 5.74) is 1.32. The molecule has 2 fully saturated rings. The maximum absolute atomic E-state index is 12.3. The van der Waals surface area contributed by atoms with Crippen LogP contribution in [0.15, 0.2) is 30.5 Å². The van der Waals surface area contributed by atoms with Gasteiger partial charge in [-0.25, -0.2) is 9.78 Å². The van der Waals surface area contributed by atoms with Crippen LogP contribution in [0.4, 0.5) is 16.7 Å². The Morgan fingerprint density at radius 2 is 1.91 bits per heavy atom. The number of aromatic amines is 1. The third-order valence-electron chi connectivity index (χ3n) is 5.94. The van der Waals surface area contributed by atoms with E-state index in [2.05, 4.69) is 48.0 Å². The summed E-state index contributed by atoms with van der Waals surface area (Å²) in [6.07, 6.45) is 6.92. The van der Waals surface area contributed by atoms with Crippen LogP contribution in [0.3, 0.4) is 0 Å². The minimum Gasteiger partial charge on any atom is -0.436 e. The summed E-state index contributed by atoms with van der Waals surface area (Å²) < 4.78 is 16.9. The Morgan fingerprint density at radius 3 is 2.65 bits per heavy atom. The van der Waals surface area contributed by atoms with E-state index in [1.165, 1.54) is 43.9 Å². The van der Waals surface area contributed by atoms with Gasteiger partial charge in [0.05, 0.1) is 19.4 Å². The molecule has 5 rings (SSSR count). The second-order valence-corrected chi connectivity index (χ2v) is 8.19. The van der Waals surface area contributed by atoms with Gasteiger partial charge in [0.25, 0.3) is 11.8 Å². The fraction of sp³-hybridized carbons (Fsp3) is 0.455. The summed E-state index contributed by atoms with van der Waals surface area (Å²) in [6.45, 7) is 2.50. The van der Waals surface area contributed by atoms with Gasteiger partial charge in [0, 0.05) is 13.1 Å². The van der Waals surface area contributed by atoms with Gasteiger partial charge in [-0.1, -0.05) is 36.5 Å². The Hall–Kier alpha value is -3.80. The summed E-state index contributed by atoms with van der Waals surface area (Å²) in [5.74, 6) is 1.84. The molecule has 0 unspecified atom stereocenters. The number of anilines is 2. The molecule has 0 bridgehead atoms. The molecule has 1 amide bonds. The zero-order valence-corrected chi connectivity index (χ0v) is 18.6. The van der Waals surface area contributed by atoms with Gasteiger partial charge in [0.2, 0.25) is 11.7 Å². The second kappa shape index (κ2) is 10.4. The zero-order valence-electron chi connectivity index (χ0n) is 18.6. The van der Waals surface area contributed by atoms with Crippen molar-refractivity contribution in [2.24, 2.45) is 0 Å². The highest BCUT2D eigenvalue weighted by atomic mass is 16.6. The Labute approximate surface area is 196 Å². The molecule has 2 aromatic heterocycles. The monoisotopic (exact) mass is 466 g/mol. The van der Waals surface area contributed by atoms with E-state index in [9.17, 15) is 4.79 Å². The number of carbonyl (C=O) groups is 1. The fourth-order valence-electron chi connectivity index (χ4n) is 4.19. The number of aromatic nitrogens is 6. The van der Waals surface area contributed by atoms with Gasteiger partial charge in [-0.05, 0) is 41.7 Å². The van der Waals surface area contributed by atoms with E-state index < -0.39 is 6.09 Å². The van der Waals surface area contributed by atoms with E-state index in [1.54, 1.807) is 0 Å². The molecule has 34 heavy (non-hydrogen) atoms. The zero-order chi connectivity index (χ0) is 23.2. The number of nitrogens with one attached hydrogen (secondary N) is 2. The van der Waals surface area contributed by atoms with Gasteiger partial charge in [0.1, 0.15) is 5.75 Å². The average Bonchev–Trinajstić information content (AvgIpc) is 3.39. The molecule has 0 radical (unpaired) electrons. The van der Waals surface area contributed by atoms with Crippen molar-refractivity contribution < 1.29 is 19.0 Å². The van der Waals surface area contributed by atoms with Gasteiger partial charge in [-0.3, -0.25) is 5.32 Å². The summed E-state index contributed by atoms with van der Waals surface area (Å²) >= 11 is 0. The van der Waals surface area contributed by atoms with Gasteiger partial charge < -0.3 is 19.1 Å². The molecule has 178 valence electrons. The molecule has 12 heteroatoms. The Kier molecular flexibility index (Phi) is 6.75. The predicted molar refractivity (Wildman–Crippen MR) is 121 cm³/mol. The van der Waals surface area contributed by atoms with Gasteiger partial charge in [-0.15, -0.1) is 5.10 Å². The number of hydrogen-bond donors (Lipinski definition) is 2. The van der Waals surface area contributed by atoms with Crippen LogP contribution in [0.1, 0.15) is 43.6 Å². The van der Waals surface area contributed by atoms with Crippen molar-refractivity contribution in [3.05, 3.63) is 36.0 Å². The summed E-state index contributed by atoms with van der Waals surface area (Å²) in [6, 6.07) is 8.03. The Morgan fingerprint density at radius 1 is 1.12 bits per heavy atom. The number of carbonyl (C=O) groups excluding carboxylic acids is 1. The minimum absolute atomic E-state index is 0.0170. The van der Waals surface area contributed by atoms with E-state index >= 15 is 0 Å². The molecule has 2 aliphatic rings. The number of morpholine rings is 1. The van der Waals surface area contributed by atoms with Gasteiger partial charge in [0.15, 0.2) is 0 Å². The van der Waals surface area contributed by atoms with Crippen LogP contribution in [0, 0.1) is 0 Å². The highest BCUT2D eigenvalue weighted by Crippen LogP contribution is 2.35.